The fraction of sp³-hybridized carbons (Fsp3) is 0. The third-order valence-corrected chi connectivity index (χ3v) is 13.3. The molecule has 14 rings (SSSR count). The molecule has 14 aromatic rings. The second-order valence-electron chi connectivity index (χ2n) is 17.4. The molecule has 0 fully saturated rings. The minimum atomic E-state index is 0.555. The Hall–Kier alpha value is -9.33. The Morgan fingerprint density at radius 2 is 0.603 bits per heavy atom. The molecule has 0 atom stereocenters. The van der Waals surface area contributed by atoms with Crippen molar-refractivity contribution in [3.8, 4) is 56.4 Å². The van der Waals surface area contributed by atoms with Gasteiger partial charge in [-0.15, -0.1) is 0 Å². The van der Waals surface area contributed by atoms with Gasteiger partial charge in [0.15, 0.2) is 17.5 Å². The summed E-state index contributed by atoms with van der Waals surface area (Å²) in [5.74, 6) is 1.69. The van der Waals surface area contributed by atoms with Crippen LogP contribution < -0.4 is 0 Å². The van der Waals surface area contributed by atoms with Gasteiger partial charge in [0, 0.05) is 63.0 Å². The van der Waals surface area contributed by atoms with E-state index in [1.165, 1.54) is 0 Å². The molecule has 7 nitrogen and oxygen atoms in total. The molecular formula is C61H35N7. The monoisotopic (exact) mass is 865 g/mol. The maximum absolute atomic E-state index is 5.42. The van der Waals surface area contributed by atoms with Crippen molar-refractivity contribution < 1.29 is 0 Å². The number of hydrogen-bond acceptors (Lipinski definition) is 7. The number of pyridine rings is 4. The van der Waals surface area contributed by atoms with Gasteiger partial charge in [-0.1, -0.05) is 97.1 Å². The van der Waals surface area contributed by atoms with Gasteiger partial charge >= 0.3 is 0 Å². The fourth-order valence-electron chi connectivity index (χ4n) is 10.1. The number of hydrogen-bond donors (Lipinski definition) is 0. The zero-order valence-electron chi connectivity index (χ0n) is 36.3. The van der Waals surface area contributed by atoms with Crippen molar-refractivity contribution in [2.75, 3.05) is 0 Å². The summed E-state index contributed by atoms with van der Waals surface area (Å²) >= 11 is 0. The van der Waals surface area contributed by atoms with Crippen LogP contribution in [0.15, 0.2) is 213 Å². The van der Waals surface area contributed by atoms with E-state index in [2.05, 4.69) is 174 Å². The first kappa shape index (κ1) is 38.0. The molecule has 68 heavy (non-hydrogen) atoms. The molecule has 0 spiro atoms. The Labute approximate surface area is 389 Å². The minimum absolute atomic E-state index is 0.555. The number of rotatable bonds is 5. The summed E-state index contributed by atoms with van der Waals surface area (Å²) in [6.07, 6.45) is 7.40. The van der Waals surface area contributed by atoms with Gasteiger partial charge in [0.05, 0.1) is 22.1 Å². The van der Waals surface area contributed by atoms with E-state index in [1.54, 1.807) is 0 Å². The molecule has 314 valence electrons. The maximum Gasteiger partial charge on any atom is 0.164 e. The topological polar surface area (TPSA) is 90.2 Å². The predicted octanol–water partition coefficient (Wildman–Crippen LogP) is 15.0. The second kappa shape index (κ2) is 15.1. The second-order valence-corrected chi connectivity index (χ2v) is 17.4. The van der Waals surface area contributed by atoms with E-state index in [4.69, 9.17) is 24.9 Å². The molecule has 0 aliphatic rings. The highest BCUT2D eigenvalue weighted by molar-refractivity contribution is 6.15. The quantitative estimate of drug-likeness (QED) is 0.159. The van der Waals surface area contributed by atoms with E-state index >= 15 is 0 Å². The third kappa shape index (κ3) is 6.32. The summed E-state index contributed by atoms with van der Waals surface area (Å²) in [5.41, 5.74) is 10.6. The minimum Gasteiger partial charge on any atom is -0.256 e. The Bertz CT molecular complexity index is 4030. The third-order valence-electron chi connectivity index (χ3n) is 13.3. The van der Waals surface area contributed by atoms with Crippen molar-refractivity contribution in [3.05, 3.63) is 213 Å². The molecule has 7 heteroatoms. The van der Waals surface area contributed by atoms with E-state index in [9.17, 15) is 0 Å². The number of nitrogens with zero attached hydrogens (tertiary/aromatic N) is 7. The van der Waals surface area contributed by atoms with Crippen LogP contribution in [0.25, 0.3) is 143 Å². The Kier molecular flexibility index (Phi) is 8.45. The van der Waals surface area contributed by atoms with E-state index in [1.807, 2.05) is 49.1 Å². The van der Waals surface area contributed by atoms with Crippen LogP contribution in [-0.2, 0) is 0 Å². The standard InChI is InChI=1S/C61H35N7/c1-3-13-49-38(9-1)32-55-51(15-7-23-64-55)57(49)46-29-47(58-50-14-4-2-10-39(50)33-56-52(58)16-8-24-65-56)31-48(30-46)61-67-59(42-19-17-36-25-40-11-5-21-62-53(40)34-44(36)27-42)66-60(68-61)43-20-18-37-26-41-12-6-22-63-54(41)35-45(37)28-43/h1-35H. The van der Waals surface area contributed by atoms with Crippen LogP contribution >= 0.6 is 0 Å². The average molecular weight is 866 g/mol. The molecule has 0 N–H and O–H groups in total. The van der Waals surface area contributed by atoms with Gasteiger partial charge in [0.1, 0.15) is 0 Å². The molecule has 0 radical (unpaired) electrons. The van der Waals surface area contributed by atoms with Crippen molar-refractivity contribution >= 4 is 86.7 Å². The number of aromatic nitrogens is 7. The molecule has 0 saturated carbocycles. The molecule has 9 aromatic carbocycles. The lowest BCUT2D eigenvalue weighted by Crippen LogP contribution is -2.01. The Balaban J connectivity index is 1.07. The SMILES string of the molecule is c1cnc2cc3cc(-c4nc(-c5cc(-c6c7ccccc7cc7ncccc67)cc(-c6c7ccccc7cc7ncccc67)c5)nc(-c5ccc6cc7cccnc7cc6c5)n4)ccc3cc2c1. The summed E-state index contributed by atoms with van der Waals surface area (Å²) < 4.78 is 0. The van der Waals surface area contributed by atoms with Crippen LogP contribution in [0.1, 0.15) is 0 Å². The van der Waals surface area contributed by atoms with Gasteiger partial charge in [0.25, 0.3) is 0 Å². The highest BCUT2D eigenvalue weighted by Crippen LogP contribution is 2.43. The zero-order chi connectivity index (χ0) is 44.7. The van der Waals surface area contributed by atoms with Gasteiger partial charge in [-0.05, 0) is 156 Å². The van der Waals surface area contributed by atoms with E-state index in [0.717, 1.165) is 126 Å². The van der Waals surface area contributed by atoms with Crippen molar-refractivity contribution in [2.24, 2.45) is 0 Å². The van der Waals surface area contributed by atoms with E-state index < -0.39 is 0 Å². The lowest BCUT2D eigenvalue weighted by Gasteiger charge is -2.17. The number of benzene rings is 9. The Morgan fingerprint density at radius 1 is 0.221 bits per heavy atom. The first-order valence-electron chi connectivity index (χ1n) is 22.7. The molecule has 0 saturated heterocycles. The summed E-state index contributed by atoms with van der Waals surface area (Å²) in [6.45, 7) is 0. The smallest absolute Gasteiger partial charge is 0.164 e. The predicted molar refractivity (Wildman–Crippen MR) is 278 cm³/mol. The van der Waals surface area contributed by atoms with E-state index in [-0.39, 0.29) is 0 Å². The molecule has 5 heterocycles. The van der Waals surface area contributed by atoms with Crippen molar-refractivity contribution in [1.29, 1.82) is 0 Å². The highest BCUT2D eigenvalue weighted by atomic mass is 15.0. The van der Waals surface area contributed by atoms with Crippen molar-refractivity contribution in [3.63, 3.8) is 0 Å². The molecule has 0 aliphatic carbocycles. The fourth-order valence-corrected chi connectivity index (χ4v) is 10.1. The lowest BCUT2D eigenvalue weighted by molar-refractivity contribution is 1.08. The summed E-state index contributed by atoms with van der Waals surface area (Å²) in [4.78, 5) is 35.2. The molecule has 0 aliphatic heterocycles. The molecule has 0 unspecified atom stereocenters. The molecule has 0 amide bonds. The normalized spacial score (nSPS) is 11.8. The van der Waals surface area contributed by atoms with Crippen LogP contribution in [-0.4, -0.2) is 34.9 Å². The molecule has 0 bridgehead atoms. The number of fused-ring (bicyclic) bond motifs is 8. The van der Waals surface area contributed by atoms with Gasteiger partial charge in [-0.3, -0.25) is 19.9 Å². The van der Waals surface area contributed by atoms with E-state index in [0.29, 0.717) is 17.5 Å². The largest absolute Gasteiger partial charge is 0.256 e. The van der Waals surface area contributed by atoms with Gasteiger partial charge in [-0.25, -0.2) is 15.0 Å². The maximum atomic E-state index is 5.42. The first-order valence-corrected chi connectivity index (χ1v) is 22.7. The van der Waals surface area contributed by atoms with Crippen LogP contribution in [0.3, 0.4) is 0 Å². The van der Waals surface area contributed by atoms with Gasteiger partial charge in [0.2, 0.25) is 0 Å². The van der Waals surface area contributed by atoms with Crippen LogP contribution in [0, 0.1) is 0 Å². The zero-order valence-corrected chi connectivity index (χ0v) is 36.3. The van der Waals surface area contributed by atoms with Crippen LogP contribution in [0.2, 0.25) is 0 Å². The lowest BCUT2D eigenvalue weighted by atomic mass is 9.88. The molecular weight excluding hydrogens is 831 g/mol. The summed E-state index contributed by atoms with van der Waals surface area (Å²) in [6, 6.07) is 66.3. The van der Waals surface area contributed by atoms with Crippen molar-refractivity contribution in [2.45, 2.75) is 0 Å². The van der Waals surface area contributed by atoms with Crippen LogP contribution in [0.5, 0.6) is 0 Å². The molecule has 5 aromatic heterocycles. The van der Waals surface area contributed by atoms with Gasteiger partial charge < -0.3 is 0 Å². The average Bonchev–Trinajstić information content (AvgIpc) is 3.39. The summed E-state index contributed by atoms with van der Waals surface area (Å²) in [5, 5.41) is 13.2. The summed E-state index contributed by atoms with van der Waals surface area (Å²) in [7, 11) is 0. The van der Waals surface area contributed by atoms with Crippen LogP contribution in [0.4, 0.5) is 0 Å². The highest BCUT2D eigenvalue weighted by Gasteiger charge is 2.20. The Morgan fingerprint density at radius 3 is 1.10 bits per heavy atom. The van der Waals surface area contributed by atoms with Gasteiger partial charge in [-0.2, -0.15) is 0 Å². The first-order chi connectivity index (χ1) is 33.6. The van der Waals surface area contributed by atoms with Crippen molar-refractivity contribution in [1.82, 2.24) is 34.9 Å².